The summed E-state index contributed by atoms with van der Waals surface area (Å²) in [6.45, 7) is 10.0. The van der Waals surface area contributed by atoms with Crippen LogP contribution in [-0.2, 0) is 27.2 Å². The molecule has 1 rings (SSSR count). The van der Waals surface area contributed by atoms with E-state index in [0.29, 0.717) is 12.2 Å². The topological polar surface area (TPSA) is 58.7 Å². The normalized spacial score (nSPS) is 19.9. The van der Waals surface area contributed by atoms with Gasteiger partial charge in [0.15, 0.2) is 0 Å². The molecule has 152 valence electrons. The van der Waals surface area contributed by atoms with Gasteiger partial charge in [-0.1, -0.05) is 13.8 Å². The zero-order valence-corrected chi connectivity index (χ0v) is 21.1. The Kier molecular flexibility index (Phi) is 13.1. The van der Waals surface area contributed by atoms with Crippen LogP contribution in [0, 0.1) is 0 Å². The molecule has 0 aromatic rings. The summed E-state index contributed by atoms with van der Waals surface area (Å²) in [5, 5.41) is 0. The molecule has 6 nitrogen and oxygen atoms in total. The number of epoxide rings is 1. The maximum atomic E-state index is 5.76. The minimum absolute atomic E-state index is 0.0304. The highest BCUT2D eigenvalue weighted by atomic mass is 32.1. The van der Waals surface area contributed by atoms with Crippen molar-refractivity contribution < 1.29 is 27.2 Å². The molecule has 0 N–H and O–H groups in total. The lowest BCUT2D eigenvalue weighted by molar-refractivity contribution is -0.0127. The van der Waals surface area contributed by atoms with Crippen LogP contribution in [0.1, 0.15) is 47.0 Å². The van der Waals surface area contributed by atoms with Crippen molar-refractivity contribution in [3.63, 3.8) is 0 Å². The molecule has 0 radical (unpaired) electrons. The second-order valence-corrected chi connectivity index (χ2v) is 11.3. The zero-order chi connectivity index (χ0) is 19.5. The van der Waals surface area contributed by atoms with Gasteiger partial charge in [0.05, 0.1) is 29.8 Å². The average Bonchev–Trinajstić information content (AvgIpc) is 3.45. The van der Waals surface area contributed by atoms with E-state index in [-0.39, 0.29) is 10.5 Å². The average molecular weight is 415 g/mol. The van der Waals surface area contributed by atoms with Crippen molar-refractivity contribution in [1.82, 2.24) is 0 Å². The summed E-state index contributed by atoms with van der Waals surface area (Å²) in [5.41, 5.74) is -0.0304. The van der Waals surface area contributed by atoms with Crippen molar-refractivity contribution >= 4 is 31.9 Å². The Hall–Kier alpha value is 0.544. The first-order valence-electron chi connectivity index (χ1n) is 8.85. The lowest BCUT2D eigenvalue weighted by Gasteiger charge is -2.28. The van der Waals surface area contributed by atoms with Crippen LogP contribution >= 0.6 is 12.6 Å². The molecule has 25 heavy (non-hydrogen) atoms. The number of ether oxygens (including phenoxy) is 2. The van der Waals surface area contributed by atoms with Gasteiger partial charge in [-0.2, -0.15) is 12.6 Å². The molecule has 0 aromatic carbocycles. The van der Waals surface area contributed by atoms with Crippen LogP contribution in [0.5, 0.6) is 0 Å². The zero-order valence-electron chi connectivity index (χ0n) is 17.2. The van der Waals surface area contributed by atoms with Crippen LogP contribution in [0.25, 0.3) is 0 Å². The molecule has 0 spiro atoms. The van der Waals surface area contributed by atoms with E-state index in [1.165, 1.54) is 0 Å². The Morgan fingerprint density at radius 1 is 1.16 bits per heavy atom. The van der Waals surface area contributed by atoms with E-state index in [9.17, 15) is 0 Å². The molecule has 1 aliphatic heterocycles. The van der Waals surface area contributed by atoms with Gasteiger partial charge in [-0.3, -0.25) is 0 Å². The molecular weight excluding hydrogens is 376 g/mol. The van der Waals surface area contributed by atoms with Crippen LogP contribution in [0.15, 0.2) is 0 Å². The molecule has 3 unspecified atom stereocenters. The third-order valence-electron chi connectivity index (χ3n) is 4.30. The molecule has 1 fully saturated rings. The Morgan fingerprint density at radius 3 is 1.96 bits per heavy atom. The van der Waals surface area contributed by atoms with Gasteiger partial charge in [-0.15, -0.1) is 0 Å². The molecule has 0 saturated carbocycles. The van der Waals surface area contributed by atoms with Gasteiger partial charge in [0.1, 0.15) is 16.6 Å². The predicted molar refractivity (Wildman–Crippen MR) is 109 cm³/mol. The van der Waals surface area contributed by atoms with Gasteiger partial charge < -0.3 is 27.2 Å². The number of thiol groups is 1. The fourth-order valence-corrected chi connectivity index (χ4v) is 5.20. The highest BCUT2D eigenvalue weighted by Crippen LogP contribution is 2.21. The Labute approximate surface area is 163 Å². The molecular formula is C16H38O6SSi2. The third kappa shape index (κ3) is 9.87. The first-order chi connectivity index (χ1) is 11.7. The maximum absolute atomic E-state index is 5.76. The second-order valence-electron chi connectivity index (χ2n) is 6.63. The van der Waals surface area contributed by atoms with Gasteiger partial charge in [0.2, 0.25) is 0 Å². The van der Waals surface area contributed by atoms with Gasteiger partial charge >= 0.3 is 8.80 Å². The third-order valence-corrected chi connectivity index (χ3v) is 9.65. The van der Waals surface area contributed by atoms with Crippen LogP contribution in [0.4, 0.5) is 0 Å². The Bertz CT molecular complexity index is 332. The summed E-state index contributed by atoms with van der Waals surface area (Å²) < 4.78 is 32.0. The summed E-state index contributed by atoms with van der Waals surface area (Å²) >= 11 is 4.34. The van der Waals surface area contributed by atoms with E-state index in [1.54, 1.807) is 21.3 Å². The van der Waals surface area contributed by atoms with E-state index >= 15 is 0 Å². The number of hydrogen-bond donors (Lipinski definition) is 1. The largest absolute Gasteiger partial charge is 0.513 e. The second kappa shape index (κ2) is 12.8. The first kappa shape index (κ1) is 25.5. The highest BCUT2D eigenvalue weighted by molar-refractivity contribution is 7.83. The lowest BCUT2D eigenvalue weighted by atomic mass is 9.99. The molecule has 1 heterocycles. The van der Waals surface area contributed by atoms with Crippen molar-refractivity contribution in [2.75, 3.05) is 34.5 Å². The summed E-state index contributed by atoms with van der Waals surface area (Å²) in [5.74, 6) is 0. The van der Waals surface area contributed by atoms with Crippen molar-refractivity contribution in [2.45, 2.75) is 69.6 Å². The Morgan fingerprint density at radius 2 is 1.68 bits per heavy atom. The van der Waals surface area contributed by atoms with Crippen LogP contribution < -0.4 is 0 Å². The molecule has 9 heteroatoms. The maximum Gasteiger partial charge on any atom is 0.513 e. The molecule has 0 bridgehead atoms. The van der Waals surface area contributed by atoms with Crippen molar-refractivity contribution in [2.24, 2.45) is 0 Å². The Balaban J connectivity index is 0.000000477. The minimum atomic E-state index is -2.46. The molecule has 0 aliphatic carbocycles. The lowest BCUT2D eigenvalue weighted by Crippen LogP contribution is -2.51. The van der Waals surface area contributed by atoms with E-state index in [4.69, 9.17) is 27.2 Å². The smallest absolute Gasteiger partial charge is 0.423 e. The van der Waals surface area contributed by atoms with E-state index in [2.05, 4.69) is 33.4 Å². The summed E-state index contributed by atoms with van der Waals surface area (Å²) in [4.78, 5) is 0.0579. The van der Waals surface area contributed by atoms with Crippen molar-refractivity contribution in [3.8, 4) is 0 Å². The molecule has 3 atom stereocenters. The van der Waals surface area contributed by atoms with Crippen molar-refractivity contribution in [1.29, 1.82) is 0 Å². The number of hydrogen-bond acceptors (Lipinski definition) is 7. The fraction of sp³-hybridized carbons (Fsp3) is 1.00. The monoisotopic (exact) mass is 414 g/mol. The van der Waals surface area contributed by atoms with E-state index < -0.39 is 8.80 Å². The van der Waals surface area contributed by atoms with Crippen LogP contribution in [0.2, 0.25) is 0 Å². The summed E-state index contributed by atoms with van der Waals surface area (Å²) in [6.07, 6.45) is 3.57. The standard InChI is InChI=1S/C10H22O3Si.C6H16O3SSi/c1-4-8(5-10(2,3)13-14)11-6-9-7-12-9;1-5-6(10)11(7-2,8-3)9-4/h8-9H,4-7H2,1-3,14H3;6,10H,5H2,1-4H3. The van der Waals surface area contributed by atoms with E-state index in [0.717, 1.165) is 43.0 Å². The van der Waals surface area contributed by atoms with Gasteiger partial charge in [-0.05, 0) is 26.7 Å². The van der Waals surface area contributed by atoms with Gasteiger partial charge in [0.25, 0.3) is 0 Å². The quantitative estimate of drug-likeness (QED) is 0.298. The fourth-order valence-electron chi connectivity index (χ4n) is 2.27. The number of rotatable bonds is 12. The van der Waals surface area contributed by atoms with Gasteiger partial charge in [-0.25, -0.2) is 0 Å². The summed E-state index contributed by atoms with van der Waals surface area (Å²) in [6, 6.07) is 0. The minimum Gasteiger partial charge on any atom is -0.423 e. The van der Waals surface area contributed by atoms with Crippen LogP contribution in [-0.4, -0.2) is 76.5 Å². The highest BCUT2D eigenvalue weighted by Gasteiger charge is 2.44. The summed E-state index contributed by atoms with van der Waals surface area (Å²) in [7, 11) is 3.12. The molecule has 0 aromatic heterocycles. The SMILES string of the molecule is CCC(CC(C)(C)O[SiH3])OCC1CO1.CCC(S)[Si](OC)(OC)OC. The van der Waals surface area contributed by atoms with Crippen molar-refractivity contribution in [3.05, 3.63) is 0 Å². The predicted octanol–water partition coefficient (Wildman–Crippen LogP) is 1.76. The molecule has 1 aliphatic rings. The van der Waals surface area contributed by atoms with Crippen LogP contribution in [0.3, 0.4) is 0 Å². The first-order valence-corrected chi connectivity index (χ1v) is 12.0. The van der Waals surface area contributed by atoms with Gasteiger partial charge in [0, 0.05) is 27.8 Å². The van der Waals surface area contributed by atoms with E-state index in [1.807, 2.05) is 6.92 Å². The molecule has 0 amide bonds. The molecule has 1 saturated heterocycles.